The van der Waals surface area contributed by atoms with Crippen molar-refractivity contribution in [1.29, 1.82) is 0 Å². The Labute approximate surface area is 125 Å². The van der Waals surface area contributed by atoms with E-state index in [-0.39, 0.29) is 17.7 Å². The van der Waals surface area contributed by atoms with Crippen LogP contribution in [-0.2, 0) is 16.0 Å². The summed E-state index contributed by atoms with van der Waals surface area (Å²) >= 11 is 0. The van der Waals surface area contributed by atoms with E-state index < -0.39 is 5.97 Å². The second-order valence-corrected chi connectivity index (χ2v) is 5.96. The number of hydrogen-bond donors (Lipinski definition) is 2. The van der Waals surface area contributed by atoms with Crippen LogP contribution in [-0.4, -0.2) is 23.5 Å². The number of carbonyl (C=O) groups excluding carboxylic acids is 1. The van der Waals surface area contributed by atoms with Crippen LogP contribution in [0.4, 0.5) is 0 Å². The molecule has 1 aliphatic carbocycles. The van der Waals surface area contributed by atoms with E-state index in [4.69, 9.17) is 5.11 Å². The van der Waals surface area contributed by atoms with Gasteiger partial charge in [-0.1, -0.05) is 18.2 Å². The van der Waals surface area contributed by atoms with Crippen LogP contribution in [0, 0.1) is 25.7 Å². The van der Waals surface area contributed by atoms with Crippen LogP contribution in [0.25, 0.3) is 0 Å². The molecule has 0 bridgehead atoms. The molecule has 0 radical (unpaired) electrons. The maximum absolute atomic E-state index is 12.1. The molecular weight excluding hydrogens is 266 g/mol. The molecule has 0 unspecified atom stereocenters. The number of nitrogens with one attached hydrogen (secondary N) is 1. The van der Waals surface area contributed by atoms with Gasteiger partial charge in [-0.05, 0) is 56.2 Å². The summed E-state index contributed by atoms with van der Waals surface area (Å²) in [6, 6.07) is 6.20. The fourth-order valence-electron chi connectivity index (χ4n) is 3.14. The molecule has 0 saturated heterocycles. The number of carboxylic acid groups (broad SMARTS) is 1. The summed E-state index contributed by atoms with van der Waals surface area (Å²) in [5.41, 5.74) is 3.78. The molecule has 1 saturated carbocycles. The number of amides is 1. The highest BCUT2D eigenvalue weighted by atomic mass is 16.4. The van der Waals surface area contributed by atoms with Crippen LogP contribution in [0.5, 0.6) is 0 Å². The van der Waals surface area contributed by atoms with Crippen molar-refractivity contribution in [3.8, 4) is 0 Å². The summed E-state index contributed by atoms with van der Waals surface area (Å²) in [4.78, 5) is 23.0. The van der Waals surface area contributed by atoms with Crippen molar-refractivity contribution in [2.75, 3.05) is 6.54 Å². The molecule has 1 aliphatic rings. The van der Waals surface area contributed by atoms with Gasteiger partial charge in [0.05, 0.1) is 5.92 Å². The summed E-state index contributed by atoms with van der Waals surface area (Å²) in [6.45, 7) is 4.77. The molecule has 4 nitrogen and oxygen atoms in total. The number of aliphatic carboxylic acids is 1. The fourth-order valence-corrected chi connectivity index (χ4v) is 3.14. The number of rotatable bonds is 5. The smallest absolute Gasteiger partial charge is 0.306 e. The van der Waals surface area contributed by atoms with Gasteiger partial charge in [-0.2, -0.15) is 0 Å². The van der Waals surface area contributed by atoms with E-state index in [9.17, 15) is 9.59 Å². The number of aryl methyl sites for hydroxylation is 2. The van der Waals surface area contributed by atoms with Gasteiger partial charge in [0, 0.05) is 12.5 Å². The highest BCUT2D eigenvalue weighted by Crippen LogP contribution is 2.31. The zero-order valence-corrected chi connectivity index (χ0v) is 12.7. The molecule has 1 aromatic carbocycles. The van der Waals surface area contributed by atoms with Gasteiger partial charge in [0.2, 0.25) is 5.91 Å². The minimum Gasteiger partial charge on any atom is -0.481 e. The van der Waals surface area contributed by atoms with Crippen molar-refractivity contribution < 1.29 is 14.7 Å². The van der Waals surface area contributed by atoms with E-state index in [0.29, 0.717) is 25.8 Å². The van der Waals surface area contributed by atoms with E-state index in [2.05, 4.69) is 31.3 Å². The van der Waals surface area contributed by atoms with E-state index in [1.807, 2.05) is 6.07 Å². The monoisotopic (exact) mass is 289 g/mol. The molecule has 1 amide bonds. The van der Waals surface area contributed by atoms with Gasteiger partial charge in [-0.15, -0.1) is 0 Å². The Morgan fingerprint density at radius 3 is 2.38 bits per heavy atom. The quantitative estimate of drug-likeness (QED) is 0.875. The second-order valence-electron chi connectivity index (χ2n) is 5.96. The summed E-state index contributed by atoms with van der Waals surface area (Å²) < 4.78 is 0. The standard InChI is InChI=1S/C17H23NO3/c1-11-4-3-5-12(2)15(11)8-9-18-16(19)13-6-7-14(10-13)17(20)21/h3-5,13-14H,6-10H2,1-2H3,(H,18,19)(H,20,21)/t13-,14+/m1/s1. The number of carboxylic acids is 1. The summed E-state index contributed by atoms with van der Waals surface area (Å²) in [7, 11) is 0. The third kappa shape index (κ3) is 3.84. The molecule has 114 valence electrons. The topological polar surface area (TPSA) is 66.4 Å². The molecule has 1 aromatic rings. The van der Waals surface area contributed by atoms with E-state index in [1.165, 1.54) is 16.7 Å². The van der Waals surface area contributed by atoms with Crippen molar-refractivity contribution in [3.05, 3.63) is 34.9 Å². The zero-order valence-electron chi connectivity index (χ0n) is 12.7. The normalized spacial score (nSPS) is 21.2. The van der Waals surface area contributed by atoms with Gasteiger partial charge < -0.3 is 10.4 Å². The van der Waals surface area contributed by atoms with Crippen LogP contribution < -0.4 is 5.32 Å². The first-order chi connectivity index (χ1) is 9.99. The van der Waals surface area contributed by atoms with Crippen molar-refractivity contribution in [2.24, 2.45) is 11.8 Å². The molecule has 0 aliphatic heterocycles. The highest BCUT2D eigenvalue weighted by molar-refractivity contribution is 5.80. The Balaban J connectivity index is 1.81. The van der Waals surface area contributed by atoms with Gasteiger partial charge in [-0.3, -0.25) is 9.59 Å². The van der Waals surface area contributed by atoms with Crippen molar-refractivity contribution in [2.45, 2.75) is 39.5 Å². The Morgan fingerprint density at radius 1 is 1.19 bits per heavy atom. The van der Waals surface area contributed by atoms with Crippen molar-refractivity contribution >= 4 is 11.9 Å². The van der Waals surface area contributed by atoms with Crippen molar-refractivity contribution in [1.82, 2.24) is 5.32 Å². The Bertz CT molecular complexity index is 519. The van der Waals surface area contributed by atoms with Crippen LogP contribution in [0.3, 0.4) is 0 Å². The van der Waals surface area contributed by atoms with E-state index in [0.717, 1.165) is 6.42 Å². The van der Waals surface area contributed by atoms with Crippen LogP contribution in [0.1, 0.15) is 36.0 Å². The van der Waals surface area contributed by atoms with E-state index >= 15 is 0 Å². The molecule has 2 rings (SSSR count). The predicted molar refractivity (Wildman–Crippen MR) is 81.1 cm³/mol. The maximum Gasteiger partial charge on any atom is 0.306 e. The van der Waals surface area contributed by atoms with E-state index in [1.54, 1.807) is 0 Å². The first-order valence-corrected chi connectivity index (χ1v) is 7.54. The number of carbonyl (C=O) groups is 2. The van der Waals surface area contributed by atoms with Gasteiger partial charge in [0.1, 0.15) is 0 Å². The minimum atomic E-state index is -0.777. The predicted octanol–water partition coefficient (Wildman–Crippen LogP) is 2.46. The van der Waals surface area contributed by atoms with Gasteiger partial charge in [0.15, 0.2) is 0 Å². The lowest BCUT2D eigenvalue weighted by Gasteiger charge is -2.13. The molecule has 0 heterocycles. The number of benzene rings is 1. The molecular formula is C17H23NO3. The van der Waals surface area contributed by atoms with Crippen LogP contribution >= 0.6 is 0 Å². The molecule has 1 fully saturated rings. The largest absolute Gasteiger partial charge is 0.481 e. The molecule has 0 aromatic heterocycles. The Hall–Kier alpha value is -1.84. The summed E-state index contributed by atoms with van der Waals surface area (Å²) in [5, 5.41) is 11.9. The lowest BCUT2D eigenvalue weighted by Crippen LogP contribution is -2.31. The molecule has 0 spiro atoms. The number of hydrogen-bond acceptors (Lipinski definition) is 2. The Morgan fingerprint density at radius 2 is 1.81 bits per heavy atom. The van der Waals surface area contributed by atoms with Crippen LogP contribution in [0.2, 0.25) is 0 Å². The second kappa shape index (κ2) is 6.74. The average molecular weight is 289 g/mol. The van der Waals surface area contributed by atoms with Gasteiger partial charge >= 0.3 is 5.97 Å². The van der Waals surface area contributed by atoms with Crippen LogP contribution in [0.15, 0.2) is 18.2 Å². The maximum atomic E-state index is 12.1. The third-order valence-electron chi connectivity index (χ3n) is 4.47. The SMILES string of the molecule is Cc1cccc(C)c1CCNC(=O)[C@@H]1CC[C@H](C(=O)O)C1. The summed E-state index contributed by atoms with van der Waals surface area (Å²) in [5.74, 6) is -1.26. The van der Waals surface area contributed by atoms with Gasteiger partial charge in [-0.25, -0.2) is 0 Å². The molecule has 4 heteroatoms. The lowest BCUT2D eigenvalue weighted by molar-refractivity contribution is -0.141. The molecule has 21 heavy (non-hydrogen) atoms. The lowest BCUT2D eigenvalue weighted by atomic mass is 10.00. The Kier molecular flexibility index (Phi) is 4.99. The van der Waals surface area contributed by atoms with Gasteiger partial charge in [0.25, 0.3) is 0 Å². The fraction of sp³-hybridized carbons (Fsp3) is 0.529. The molecule has 2 N–H and O–H groups in total. The first kappa shape index (κ1) is 15.5. The van der Waals surface area contributed by atoms with Crippen molar-refractivity contribution in [3.63, 3.8) is 0 Å². The zero-order chi connectivity index (χ0) is 15.4. The highest BCUT2D eigenvalue weighted by Gasteiger charge is 2.33. The minimum absolute atomic E-state index is 0.00462. The molecule has 2 atom stereocenters. The third-order valence-corrected chi connectivity index (χ3v) is 4.47. The summed E-state index contributed by atoms with van der Waals surface area (Å²) in [6.07, 6.45) is 2.60. The average Bonchev–Trinajstić information content (AvgIpc) is 2.92. The first-order valence-electron chi connectivity index (χ1n) is 7.54.